The van der Waals surface area contributed by atoms with Crippen LogP contribution in [0.4, 0.5) is 0 Å². The number of hydrogen-bond donors (Lipinski definition) is 1. The van der Waals surface area contributed by atoms with Gasteiger partial charge >= 0.3 is 0 Å². The molecule has 0 aliphatic heterocycles. The molecule has 2 rings (SSSR count). The molecular formula is C26H36N2O2S. The van der Waals surface area contributed by atoms with Crippen LogP contribution in [0.25, 0.3) is 0 Å². The summed E-state index contributed by atoms with van der Waals surface area (Å²) in [6, 6.07) is 15.9. The van der Waals surface area contributed by atoms with Gasteiger partial charge in [0.25, 0.3) is 0 Å². The molecule has 0 saturated heterocycles. The van der Waals surface area contributed by atoms with E-state index in [1.165, 1.54) is 11.1 Å². The van der Waals surface area contributed by atoms with Gasteiger partial charge in [0.2, 0.25) is 11.8 Å². The predicted octanol–water partition coefficient (Wildman–Crippen LogP) is 5.12. The number of carbonyl (C=O) groups is 2. The fourth-order valence-electron chi connectivity index (χ4n) is 3.45. The number of rotatable bonds is 11. The summed E-state index contributed by atoms with van der Waals surface area (Å²) in [7, 11) is 0. The van der Waals surface area contributed by atoms with Crippen LogP contribution in [0.1, 0.15) is 49.4 Å². The Kier molecular flexibility index (Phi) is 10.1. The van der Waals surface area contributed by atoms with Gasteiger partial charge in [-0.25, -0.2) is 0 Å². The summed E-state index contributed by atoms with van der Waals surface area (Å²) in [6.07, 6.45) is 0.587. The molecule has 0 fully saturated rings. The van der Waals surface area contributed by atoms with Gasteiger partial charge < -0.3 is 10.2 Å². The first-order valence-corrected chi connectivity index (χ1v) is 12.2. The van der Waals surface area contributed by atoms with E-state index in [4.69, 9.17) is 0 Å². The molecule has 2 aromatic carbocycles. The first-order chi connectivity index (χ1) is 14.8. The number of benzene rings is 2. The maximum Gasteiger partial charge on any atom is 0.242 e. The fourth-order valence-corrected chi connectivity index (χ4v) is 4.31. The summed E-state index contributed by atoms with van der Waals surface area (Å²) in [5.74, 6) is 1.44. The monoisotopic (exact) mass is 440 g/mol. The molecule has 1 N–H and O–H groups in total. The Bertz CT molecular complexity index is 866. The van der Waals surface area contributed by atoms with Crippen molar-refractivity contribution < 1.29 is 9.59 Å². The van der Waals surface area contributed by atoms with Crippen molar-refractivity contribution in [2.75, 3.05) is 12.3 Å². The third kappa shape index (κ3) is 8.06. The van der Waals surface area contributed by atoms with Crippen LogP contribution in [0.3, 0.4) is 0 Å². The minimum Gasteiger partial charge on any atom is -0.354 e. The number of thioether (sulfide) groups is 1. The average molecular weight is 441 g/mol. The molecule has 2 aromatic rings. The zero-order chi connectivity index (χ0) is 22.8. The Morgan fingerprint density at radius 2 is 1.81 bits per heavy atom. The molecule has 4 nitrogen and oxygen atoms in total. The third-order valence-corrected chi connectivity index (χ3v) is 6.24. The van der Waals surface area contributed by atoms with Crippen LogP contribution in [-0.4, -0.2) is 35.1 Å². The van der Waals surface area contributed by atoms with Crippen LogP contribution in [-0.2, 0) is 21.9 Å². The summed E-state index contributed by atoms with van der Waals surface area (Å²) >= 11 is 1.60. The van der Waals surface area contributed by atoms with Gasteiger partial charge in [0, 0.05) is 18.8 Å². The lowest BCUT2D eigenvalue weighted by molar-refractivity contribution is -0.139. The molecule has 168 valence electrons. The highest BCUT2D eigenvalue weighted by Crippen LogP contribution is 2.19. The third-order valence-electron chi connectivity index (χ3n) is 5.25. The van der Waals surface area contributed by atoms with E-state index in [1.54, 1.807) is 16.7 Å². The van der Waals surface area contributed by atoms with Gasteiger partial charge in [-0.15, -0.1) is 11.8 Å². The van der Waals surface area contributed by atoms with E-state index in [0.29, 0.717) is 31.2 Å². The molecule has 1 atom stereocenters. The molecular weight excluding hydrogens is 404 g/mol. The van der Waals surface area contributed by atoms with Gasteiger partial charge in [-0.3, -0.25) is 9.59 Å². The van der Waals surface area contributed by atoms with Crippen LogP contribution >= 0.6 is 11.8 Å². The molecule has 0 heterocycles. The van der Waals surface area contributed by atoms with Crippen LogP contribution in [0.2, 0.25) is 0 Å². The van der Waals surface area contributed by atoms with Gasteiger partial charge in [-0.2, -0.15) is 0 Å². The lowest BCUT2D eigenvalue weighted by atomic mass is 10.1. The standard InChI is InChI=1S/C26H36N2O2S/c1-6-24(26(30)27-15-19(2)3)28(16-23-13-8-7-11-21(23)5)25(29)18-31-17-22-12-9-10-20(4)14-22/h7-14,19,24H,6,15-18H2,1-5H3,(H,27,30)/t24-/m1/s1. The second-order valence-corrected chi connectivity index (χ2v) is 9.48. The Labute approximate surface area is 191 Å². The van der Waals surface area contributed by atoms with Crippen LogP contribution in [0, 0.1) is 19.8 Å². The highest BCUT2D eigenvalue weighted by atomic mass is 32.2. The number of aryl methyl sites for hydroxylation is 2. The summed E-state index contributed by atoms with van der Waals surface area (Å²) < 4.78 is 0. The van der Waals surface area contributed by atoms with Gasteiger partial charge in [0.15, 0.2) is 0 Å². The Balaban J connectivity index is 2.13. The maximum atomic E-state index is 13.3. The highest BCUT2D eigenvalue weighted by molar-refractivity contribution is 7.99. The predicted molar refractivity (Wildman–Crippen MR) is 131 cm³/mol. The van der Waals surface area contributed by atoms with Crippen molar-refractivity contribution in [1.29, 1.82) is 0 Å². The minimum atomic E-state index is -0.467. The second-order valence-electron chi connectivity index (χ2n) is 8.49. The fraction of sp³-hybridized carbons (Fsp3) is 0.462. The number of nitrogens with one attached hydrogen (secondary N) is 1. The van der Waals surface area contributed by atoms with E-state index in [1.807, 2.05) is 44.2 Å². The Morgan fingerprint density at radius 3 is 2.45 bits per heavy atom. The van der Waals surface area contributed by atoms with Crippen LogP contribution in [0.15, 0.2) is 48.5 Å². The second kappa shape index (κ2) is 12.6. The van der Waals surface area contributed by atoms with E-state index < -0.39 is 6.04 Å². The van der Waals surface area contributed by atoms with Crippen molar-refractivity contribution in [3.63, 3.8) is 0 Å². The van der Waals surface area contributed by atoms with E-state index in [2.05, 4.69) is 44.3 Å². The van der Waals surface area contributed by atoms with Crippen molar-refractivity contribution in [3.05, 3.63) is 70.8 Å². The molecule has 5 heteroatoms. The molecule has 2 amide bonds. The molecule has 0 spiro atoms. The number of carbonyl (C=O) groups excluding carboxylic acids is 2. The van der Waals surface area contributed by atoms with Crippen molar-refractivity contribution in [1.82, 2.24) is 10.2 Å². The average Bonchev–Trinajstić information content (AvgIpc) is 2.73. The molecule has 0 radical (unpaired) electrons. The molecule has 0 saturated carbocycles. The lowest BCUT2D eigenvalue weighted by Crippen LogP contribution is -2.50. The van der Waals surface area contributed by atoms with E-state index in [0.717, 1.165) is 16.9 Å². The molecule has 0 unspecified atom stereocenters. The number of hydrogen-bond acceptors (Lipinski definition) is 3. The van der Waals surface area contributed by atoms with Gasteiger partial charge in [0.05, 0.1) is 5.75 Å². The van der Waals surface area contributed by atoms with Crippen molar-refractivity contribution in [3.8, 4) is 0 Å². The van der Waals surface area contributed by atoms with Crippen molar-refractivity contribution in [2.24, 2.45) is 5.92 Å². The van der Waals surface area contributed by atoms with Crippen molar-refractivity contribution in [2.45, 2.75) is 59.4 Å². The molecule has 0 aromatic heterocycles. The highest BCUT2D eigenvalue weighted by Gasteiger charge is 2.28. The smallest absolute Gasteiger partial charge is 0.242 e. The zero-order valence-corrected chi connectivity index (χ0v) is 20.3. The summed E-state index contributed by atoms with van der Waals surface area (Å²) in [5.41, 5.74) is 4.64. The lowest BCUT2D eigenvalue weighted by Gasteiger charge is -2.31. The molecule has 0 aliphatic rings. The minimum absolute atomic E-state index is 0.00690. The summed E-state index contributed by atoms with van der Waals surface area (Å²) in [5, 5.41) is 3.02. The van der Waals surface area contributed by atoms with Gasteiger partial charge in [-0.05, 0) is 42.9 Å². The SMILES string of the molecule is CC[C@H](C(=O)NCC(C)C)N(Cc1ccccc1C)C(=O)CSCc1cccc(C)c1. The Morgan fingerprint density at radius 1 is 1.06 bits per heavy atom. The van der Waals surface area contributed by atoms with E-state index in [-0.39, 0.29) is 11.8 Å². The largest absolute Gasteiger partial charge is 0.354 e. The zero-order valence-electron chi connectivity index (χ0n) is 19.5. The first kappa shape index (κ1) is 25.0. The van der Waals surface area contributed by atoms with Gasteiger partial charge in [0.1, 0.15) is 6.04 Å². The van der Waals surface area contributed by atoms with E-state index >= 15 is 0 Å². The number of amides is 2. The molecule has 31 heavy (non-hydrogen) atoms. The first-order valence-electron chi connectivity index (χ1n) is 11.1. The Hall–Kier alpha value is -2.27. The van der Waals surface area contributed by atoms with E-state index in [9.17, 15) is 9.59 Å². The quantitative estimate of drug-likeness (QED) is 0.528. The summed E-state index contributed by atoms with van der Waals surface area (Å²) in [4.78, 5) is 28.0. The van der Waals surface area contributed by atoms with Crippen LogP contribution < -0.4 is 5.32 Å². The normalized spacial score (nSPS) is 11.9. The topological polar surface area (TPSA) is 49.4 Å². The van der Waals surface area contributed by atoms with Crippen molar-refractivity contribution >= 4 is 23.6 Å². The summed E-state index contributed by atoms with van der Waals surface area (Å²) in [6.45, 7) is 11.3. The maximum absolute atomic E-state index is 13.3. The molecule has 0 aliphatic carbocycles. The molecule has 0 bridgehead atoms. The number of nitrogens with zero attached hydrogens (tertiary/aromatic N) is 1. The van der Waals surface area contributed by atoms with Crippen LogP contribution in [0.5, 0.6) is 0 Å². The van der Waals surface area contributed by atoms with Gasteiger partial charge in [-0.1, -0.05) is 74.9 Å².